The van der Waals surface area contributed by atoms with Crippen molar-refractivity contribution < 1.29 is 19.4 Å². The molecule has 1 saturated heterocycles. The number of hydrogen-bond acceptors (Lipinski definition) is 6. The predicted molar refractivity (Wildman–Crippen MR) is 95.1 cm³/mol. The average Bonchev–Trinajstić information content (AvgIpc) is 2.84. The van der Waals surface area contributed by atoms with Gasteiger partial charge in [-0.2, -0.15) is 0 Å². The van der Waals surface area contributed by atoms with Crippen molar-refractivity contribution in [2.45, 2.75) is 25.7 Å². The lowest BCUT2D eigenvalue weighted by Crippen LogP contribution is -2.51. The number of nitrogens with zero attached hydrogens (tertiary/aromatic N) is 3. The van der Waals surface area contributed by atoms with E-state index in [1.165, 1.54) is 12.4 Å². The minimum Gasteiger partial charge on any atom is -0.483 e. The molecular weight excluding hydrogens is 340 g/mol. The molecule has 0 unspecified atom stereocenters. The van der Waals surface area contributed by atoms with Gasteiger partial charge < -0.3 is 24.6 Å². The zero-order valence-electron chi connectivity index (χ0n) is 15.0. The number of rotatable bonds is 4. The van der Waals surface area contributed by atoms with E-state index in [0.717, 1.165) is 38.8 Å². The number of methoxy groups -OCH3 is 1. The first kappa shape index (κ1) is 19.9. The van der Waals surface area contributed by atoms with Gasteiger partial charge in [0.2, 0.25) is 5.91 Å². The molecule has 2 heterocycles. The van der Waals surface area contributed by atoms with Crippen molar-refractivity contribution in [1.82, 2.24) is 14.9 Å². The fraction of sp³-hybridized carbons (Fsp3) is 0.647. The molecule has 0 aromatic carbocycles. The van der Waals surface area contributed by atoms with Crippen LogP contribution in [-0.4, -0.2) is 72.2 Å². The monoisotopic (exact) mass is 366 g/mol. The van der Waals surface area contributed by atoms with E-state index < -0.39 is 0 Å². The lowest BCUT2D eigenvalue weighted by Gasteiger charge is -2.42. The van der Waals surface area contributed by atoms with E-state index in [2.05, 4.69) is 14.9 Å². The largest absolute Gasteiger partial charge is 0.483 e. The van der Waals surface area contributed by atoms with Crippen LogP contribution in [0.3, 0.4) is 0 Å². The second-order valence-corrected chi connectivity index (χ2v) is 6.57. The maximum atomic E-state index is 12.9. The Labute approximate surface area is 152 Å². The van der Waals surface area contributed by atoms with Crippen LogP contribution in [0.15, 0.2) is 17.2 Å². The van der Waals surface area contributed by atoms with Gasteiger partial charge >= 0.3 is 0 Å². The molecule has 1 saturated carbocycles. The Morgan fingerprint density at radius 3 is 2.65 bits per heavy atom. The Bertz CT molecular complexity index is 659. The van der Waals surface area contributed by atoms with Gasteiger partial charge in [0.15, 0.2) is 0 Å². The molecule has 144 valence electrons. The predicted octanol–water partition coefficient (Wildman–Crippen LogP) is 0.326. The minimum absolute atomic E-state index is 0.152. The zero-order valence-corrected chi connectivity index (χ0v) is 15.0. The summed E-state index contributed by atoms with van der Waals surface area (Å²) in [6.45, 7) is 3.19. The summed E-state index contributed by atoms with van der Waals surface area (Å²) in [5.74, 6) is 0.907. The zero-order chi connectivity index (χ0) is 19.0. The molecule has 9 heteroatoms. The van der Waals surface area contributed by atoms with E-state index in [0.29, 0.717) is 25.5 Å². The fourth-order valence-corrected chi connectivity index (χ4v) is 3.52. The van der Waals surface area contributed by atoms with Crippen LogP contribution in [0.4, 0.5) is 5.82 Å². The van der Waals surface area contributed by atoms with Gasteiger partial charge in [0, 0.05) is 39.4 Å². The molecule has 9 nitrogen and oxygen atoms in total. The van der Waals surface area contributed by atoms with Gasteiger partial charge in [-0.3, -0.25) is 14.4 Å². The average molecular weight is 366 g/mol. The van der Waals surface area contributed by atoms with E-state index in [1.807, 2.05) is 4.90 Å². The number of anilines is 1. The number of H-pyrrole nitrogens is 1. The van der Waals surface area contributed by atoms with Crippen LogP contribution in [0.25, 0.3) is 0 Å². The highest BCUT2D eigenvalue weighted by Gasteiger charge is 2.46. The fourth-order valence-electron chi connectivity index (χ4n) is 3.52. The SMILES string of the molecule is COCC1(C(=O)N2CCCN(c3cc(=O)[nH]cn3)CC2)CCC1.O=CO. The molecule has 26 heavy (non-hydrogen) atoms. The van der Waals surface area contributed by atoms with Crippen LogP contribution in [0.1, 0.15) is 25.7 Å². The Hall–Kier alpha value is -2.42. The van der Waals surface area contributed by atoms with Crippen molar-refractivity contribution in [3.8, 4) is 0 Å². The van der Waals surface area contributed by atoms with Crippen molar-refractivity contribution in [3.05, 3.63) is 22.7 Å². The van der Waals surface area contributed by atoms with Crippen molar-refractivity contribution in [1.29, 1.82) is 0 Å². The van der Waals surface area contributed by atoms with Crippen LogP contribution >= 0.6 is 0 Å². The molecule has 1 aromatic rings. The van der Waals surface area contributed by atoms with E-state index >= 15 is 0 Å². The number of aromatic nitrogens is 2. The molecular formula is C17H26N4O5. The van der Waals surface area contributed by atoms with Gasteiger partial charge in [0.1, 0.15) is 5.82 Å². The Morgan fingerprint density at radius 1 is 1.35 bits per heavy atom. The van der Waals surface area contributed by atoms with Gasteiger partial charge in [0.05, 0.1) is 18.3 Å². The van der Waals surface area contributed by atoms with Crippen molar-refractivity contribution in [2.75, 3.05) is 44.8 Å². The summed E-state index contributed by atoms with van der Waals surface area (Å²) in [5, 5.41) is 6.89. The van der Waals surface area contributed by atoms with Gasteiger partial charge in [-0.15, -0.1) is 0 Å². The highest BCUT2D eigenvalue weighted by molar-refractivity contribution is 5.84. The van der Waals surface area contributed by atoms with Crippen LogP contribution in [-0.2, 0) is 14.3 Å². The topological polar surface area (TPSA) is 116 Å². The summed E-state index contributed by atoms with van der Waals surface area (Å²) in [6, 6.07) is 1.51. The number of carboxylic acid groups (broad SMARTS) is 1. The normalized spacial score (nSPS) is 18.8. The van der Waals surface area contributed by atoms with E-state index in [9.17, 15) is 9.59 Å². The molecule has 0 spiro atoms. The molecule has 0 bridgehead atoms. The molecule has 2 N–H and O–H groups in total. The Kier molecular flexibility index (Phi) is 7.14. The summed E-state index contributed by atoms with van der Waals surface area (Å²) in [6.07, 6.45) is 5.26. The van der Waals surface area contributed by atoms with E-state index in [-0.39, 0.29) is 23.4 Å². The summed E-state index contributed by atoms with van der Waals surface area (Å²) in [5.41, 5.74) is -0.452. The maximum Gasteiger partial charge on any atom is 0.290 e. The van der Waals surface area contributed by atoms with Gasteiger partial charge in [0.25, 0.3) is 12.0 Å². The molecule has 1 aliphatic heterocycles. The first-order valence-corrected chi connectivity index (χ1v) is 8.72. The Morgan fingerprint density at radius 2 is 2.08 bits per heavy atom. The number of amides is 1. The highest BCUT2D eigenvalue weighted by Crippen LogP contribution is 2.42. The van der Waals surface area contributed by atoms with Crippen molar-refractivity contribution in [2.24, 2.45) is 5.41 Å². The van der Waals surface area contributed by atoms with Gasteiger partial charge in [-0.25, -0.2) is 4.98 Å². The Balaban J connectivity index is 0.000000758. The number of carbonyl (C=O) groups excluding carboxylic acids is 1. The van der Waals surface area contributed by atoms with Crippen LogP contribution < -0.4 is 10.5 Å². The number of carbonyl (C=O) groups is 2. The maximum absolute atomic E-state index is 12.9. The number of hydrogen-bond donors (Lipinski definition) is 2. The van der Waals surface area contributed by atoms with Gasteiger partial charge in [-0.1, -0.05) is 6.42 Å². The lowest BCUT2D eigenvalue weighted by molar-refractivity contribution is -0.151. The molecule has 0 radical (unpaired) electrons. The van der Waals surface area contributed by atoms with Crippen LogP contribution in [0, 0.1) is 5.41 Å². The third-order valence-electron chi connectivity index (χ3n) is 4.96. The summed E-state index contributed by atoms with van der Waals surface area (Å²) in [7, 11) is 1.66. The molecule has 0 atom stereocenters. The molecule has 2 aliphatic rings. The molecule has 1 amide bonds. The number of ether oxygens (including phenoxy) is 1. The molecule has 3 rings (SSSR count). The molecule has 2 fully saturated rings. The first-order chi connectivity index (χ1) is 12.6. The minimum atomic E-state index is -0.300. The third-order valence-corrected chi connectivity index (χ3v) is 4.96. The van der Waals surface area contributed by atoms with E-state index in [4.69, 9.17) is 14.6 Å². The number of aromatic amines is 1. The number of nitrogens with one attached hydrogen (secondary N) is 1. The quantitative estimate of drug-likeness (QED) is 0.738. The van der Waals surface area contributed by atoms with Gasteiger partial charge in [-0.05, 0) is 19.3 Å². The summed E-state index contributed by atoms with van der Waals surface area (Å²) >= 11 is 0. The molecule has 1 aliphatic carbocycles. The van der Waals surface area contributed by atoms with E-state index in [1.54, 1.807) is 7.11 Å². The van der Waals surface area contributed by atoms with Crippen molar-refractivity contribution >= 4 is 18.2 Å². The standard InChI is InChI=1S/C16H24N4O3.CH2O2/c1-23-11-16(4-2-5-16)15(22)20-7-3-6-19(8-9-20)13-10-14(21)18-12-17-13;2-1-3/h10,12H,2-9,11H2,1H3,(H,17,18,21);1H,(H,2,3). The summed E-state index contributed by atoms with van der Waals surface area (Å²) < 4.78 is 5.29. The summed E-state index contributed by atoms with van der Waals surface area (Å²) in [4.78, 5) is 43.5. The first-order valence-electron chi connectivity index (χ1n) is 8.72. The smallest absolute Gasteiger partial charge is 0.290 e. The second kappa shape index (κ2) is 9.33. The second-order valence-electron chi connectivity index (χ2n) is 6.57. The van der Waals surface area contributed by atoms with Crippen molar-refractivity contribution in [3.63, 3.8) is 0 Å². The van der Waals surface area contributed by atoms with Crippen LogP contribution in [0.5, 0.6) is 0 Å². The third kappa shape index (κ3) is 4.60. The lowest BCUT2D eigenvalue weighted by atomic mass is 9.68. The molecule has 1 aromatic heterocycles. The highest BCUT2D eigenvalue weighted by atomic mass is 16.5. The van der Waals surface area contributed by atoms with Crippen LogP contribution in [0.2, 0.25) is 0 Å².